The first-order chi connectivity index (χ1) is 16.0. The number of hydrogen-bond donors (Lipinski definition) is 0. The normalized spacial score (nSPS) is 20.3. The molecule has 2 aliphatic rings. The highest BCUT2D eigenvalue weighted by Crippen LogP contribution is 2.49. The average Bonchev–Trinajstić information content (AvgIpc) is 3.31. The molecule has 0 amide bonds. The molecule has 2 aromatic rings. The standard InChI is InChI=1S/C28H38O4Si2/c1-20(25-16-27(29-18-31-33(2,3)4)23-14-10-8-12-21(23)25)26-17-28(30-19-32-34(5,6)7)24-15-11-9-13-22(24)26/h8-17,20,25-26H,18-19H2,1-7H3. The zero-order valence-corrected chi connectivity index (χ0v) is 23.6. The lowest BCUT2D eigenvalue weighted by atomic mass is 9.78. The first-order valence-electron chi connectivity index (χ1n) is 12.2. The van der Waals surface area contributed by atoms with Crippen molar-refractivity contribution < 1.29 is 18.3 Å². The molecule has 0 fully saturated rings. The molecule has 182 valence electrons. The van der Waals surface area contributed by atoms with Gasteiger partial charge in [-0.2, -0.15) is 0 Å². The smallest absolute Gasteiger partial charge is 0.188 e. The third-order valence-electron chi connectivity index (χ3n) is 6.38. The first-order valence-corrected chi connectivity index (χ1v) is 19.0. The topological polar surface area (TPSA) is 36.9 Å². The molecule has 2 atom stereocenters. The molecule has 2 unspecified atom stereocenters. The van der Waals surface area contributed by atoms with Crippen molar-refractivity contribution in [2.45, 2.75) is 58.0 Å². The third-order valence-corrected chi connectivity index (χ3v) is 8.35. The van der Waals surface area contributed by atoms with Gasteiger partial charge in [-0.05, 0) is 68.5 Å². The van der Waals surface area contributed by atoms with Crippen molar-refractivity contribution in [2.24, 2.45) is 5.92 Å². The van der Waals surface area contributed by atoms with E-state index in [1.165, 1.54) is 22.3 Å². The van der Waals surface area contributed by atoms with Crippen LogP contribution in [0.3, 0.4) is 0 Å². The van der Waals surface area contributed by atoms with Crippen LogP contribution in [0.2, 0.25) is 39.3 Å². The maximum absolute atomic E-state index is 6.14. The lowest BCUT2D eigenvalue weighted by Crippen LogP contribution is -2.26. The van der Waals surface area contributed by atoms with E-state index in [1.807, 2.05) is 0 Å². The Morgan fingerprint density at radius 1 is 0.647 bits per heavy atom. The second-order valence-corrected chi connectivity index (χ2v) is 20.2. The van der Waals surface area contributed by atoms with Crippen LogP contribution in [0.4, 0.5) is 0 Å². The van der Waals surface area contributed by atoms with Crippen LogP contribution in [-0.2, 0) is 18.3 Å². The Hall–Kier alpha value is -2.13. The van der Waals surface area contributed by atoms with Crippen LogP contribution in [0, 0.1) is 5.92 Å². The van der Waals surface area contributed by atoms with Gasteiger partial charge in [0.1, 0.15) is 11.5 Å². The predicted molar refractivity (Wildman–Crippen MR) is 144 cm³/mol. The van der Waals surface area contributed by atoms with E-state index < -0.39 is 16.6 Å². The molecule has 2 aromatic carbocycles. The summed E-state index contributed by atoms with van der Waals surface area (Å²) in [4.78, 5) is 0. The quantitative estimate of drug-likeness (QED) is 0.252. The van der Waals surface area contributed by atoms with Crippen LogP contribution in [0.1, 0.15) is 41.0 Å². The maximum Gasteiger partial charge on any atom is 0.188 e. The van der Waals surface area contributed by atoms with Crippen LogP contribution in [0.25, 0.3) is 11.5 Å². The second kappa shape index (κ2) is 9.86. The summed E-state index contributed by atoms with van der Waals surface area (Å²) >= 11 is 0. The fraction of sp³-hybridized carbons (Fsp3) is 0.429. The van der Waals surface area contributed by atoms with Crippen molar-refractivity contribution in [1.82, 2.24) is 0 Å². The largest absolute Gasteiger partial charge is 0.468 e. The SMILES string of the molecule is CC(C1C=C(OCO[Si](C)(C)C)c2ccccc21)C1C=C(OCO[Si](C)(C)C)c2ccccc21. The molecule has 0 spiro atoms. The Morgan fingerprint density at radius 2 is 1.03 bits per heavy atom. The van der Waals surface area contributed by atoms with Crippen LogP contribution < -0.4 is 0 Å². The van der Waals surface area contributed by atoms with E-state index in [2.05, 4.69) is 107 Å². The second-order valence-electron chi connectivity index (χ2n) is 11.2. The fourth-order valence-electron chi connectivity index (χ4n) is 4.59. The van der Waals surface area contributed by atoms with Crippen LogP contribution in [-0.4, -0.2) is 30.2 Å². The predicted octanol–water partition coefficient (Wildman–Crippen LogP) is 7.55. The van der Waals surface area contributed by atoms with Crippen LogP contribution >= 0.6 is 0 Å². The summed E-state index contributed by atoms with van der Waals surface area (Å²) in [7, 11) is -3.27. The number of hydrogen-bond acceptors (Lipinski definition) is 4. The third kappa shape index (κ3) is 5.74. The van der Waals surface area contributed by atoms with Gasteiger partial charge in [-0.1, -0.05) is 55.5 Å². The maximum atomic E-state index is 6.14. The Morgan fingerprint density at radius 3 is 1.41 bits per heavy atom. The van der Waals surface area contributed by atoms with Gasteiger partial charge in [-0.15, -0.1) is 0 Å². The summed E-state index contributed by atoms with van der Waals surface area (Å²) in [6, 6.07) is 17.2. The molecule has 0 radical (unpaired) electrons. The fourth-order valence-corrected chi connectivity index (χ4v) is 5.42. The van der Waals surface area contributed by atoms with Gasteiger partial charge in [-0.3, -0.25) is 0 Å². The first kappa shape index (κ1) is 25.0. The summed E-state index contributed by atoms with van der Waals surface area (Å²) in [5, 5.41) is 0. The molecule has 0 bridgehead atoms. The van der Waals surface area contributed by atoms with E-state index in [0.29, 0.717) is 19.5 Å². The molecular weight excluding hydrogens is 456 g/mol. The van der Waals surface area contributed by atoms with E-state index >= 15 is 0 Å². The number of ether oxygens (including phenoxy) is 2. The molecule has 0 aromatic heterocycles. The highest BCUT2D eigenvalue weighted by atomic mass is 28.4. The Balaban J connectivity index is 1.57. The molecule has 2 aliphatic carbocycles. The Bertz CT molecular complexity index is 993. The highest BCUT2D eigenvalue weighted by Gasteiger charge is 2.36. The van der Waals surface area contributed by atoms with Crippen molar-refractivity contribution in [1.29, 1.82) is 0 Å². The molecule has 34 heavy (non-hydrogen) atoms. The zero-order chi connectivity index (χ0) is 24.5. The molecular formula is C28H38O4Si2. The Kier molecular flexibility index (Phi) is 7.24. The van der Waals surface area contributed by atoms with Gasteiger partial charge in [0, 0.05) is 23.0 Å². The summed E-state index contributed by atoms with van der Waals surface area (Å²) in [5.74, 6) is 2.71. The van der Waals surface area contributed by atoms with Crippen molar-refractivity contribution in [2.75, 3.05) is 13.6 Å². The summed E-state index contributed by atoms with van der Waals surface area (Å²) in [5.41, 5.74) is 4.99. The molecule has 0 heterocycles. The summed E-state index contributed by atoms with van der Waals surface area (Å²) < 4.78 is 24.2. The average molecular weight is 495 g/mol. The lowest BCUT2D eigenvalue weighted by Gasteiger charge is -2.25. The molecule has 4 rings (SSSR count). The summed E-state index contributed by atoms with van der Waals surface area (Å²) in [6.45, 7) is 16.0. The van der Waals surface area contributed by atoms with Gasteiger partial charge in [0.25, 0.3) is 0 Å². The van der Waals surface area contributed by atoms with Crippen LogP contribution in [0.5, 0.6) is 0 Å². The molecule has 0 aliphatic heterocycles. The van der Waals surface area contributed by atoms with Crippen molar-refractivity contribution in [3.05, 3.63) is 82.9 Å². The highest BCUT2D eigenvalue weighted by molar-refractivity contribution is 6.70. The minimum atomic E-state index is -1.63. The monoisotopic (exact) mass is 494 g/mol. The van der Waals surface area contributed by atoms with E-state index in [9.17, 15) is 0 Å². The number of fused-ring (bicyclic) bond motifs is 2. The lowest BCUT2D eigenvalue weighted by molar-refractivity contribution is 0.0892. The molecule has 4 nitrogen and oxygen atoms in total. The van der Waals surface area contributed by atoms with Crippen molar-refractivity contribution in [3.8, 4) is 0 Å². The minimum Gasteiger partial charge on any atom is -0.468 e. The van der Waals surface area contributed by atoms with E-state index in [1.54, 1.807) is 0 Å². The Labute approximate surface area is 206 Å². The van der Waals surface area contributed by atoms with Gasteiger partial charge >= 0.3 is 0 Å². The number of benzene rings is 2. The number of allylic oxidation sites excluding steroid dienone is 2. The van der Waals surface area contributed by atoms with Gasteiger partial charge in [0.15, 0.2) is 30.2 Å². The van der Waals surface area contributed by atoms with Crippen LogP contribution in [0.15, 0.2) is 60.7 Å². The van der Waals surface area contributed by atoms with Gasteiger partial charge in [-0.25, -0.2) is 0 Å². The van der Waals surface area contributed by atoms with Crippen molar-refractivity contribution >= 4 is 28.2 Å². The van der Waals surface area contributed by atoms with Gasteiger partial charge < -0.3 is 18.3 Å². The van der Waals surface area contributed by atoms with Gasteiger partial charge in [0.05, 0.1) is 0 Å². The van der Waals surface area contributed by atoms with Crippen molar-refractivity contribution in [3.63, 3.8) is 0 Å². The van der Waals surface area contributed by atoms with E-state index in [-0.39, 0.29) is 11.8 Å². The summed E-state index contributed by atoms with van der Waals surface area (Å²) in [6.07, 6.45) is 4.57. The molecule has 6 heteroatoms. The van der Waals surface area contributed by atoms with Gasteiger partial charge in [0.2, 0.25) is 0 Å². The minimum absolute atomic E-state index is 0.255. The zero-order valence-electron chi connectivity index (χ0n) is 21.6. The molecule has 0 N–H and O–H groups in total. The number of rotatable bonds is 10. The molecule has 0 saturated carbocycles. The van der Waals surface area contributed by atoms with E-state index in [0.717, 1.165) is 11.5 Å². The van der Waals surface area contributed by atoms with E-state index in [4.69, 9.17) is 18.3 Å². The molecule has 0 saturated heterocycles.